The molecule has 0 unspecified atom stereocenters. The lowest BCUT2D eigenvalue weighted by molar-refractivity contribution is 0.0195. The maximum Gasteiger partial charge on any atom is 0.410 e. The number of aryl methyl sites for hydroxylation is 1. The molecule has 1 atom stereocenters. The first-order valence-corrected chi connectivity index (χ1v) is 10.5. The molecule has 1 aliphatic rings. The molecule has 0 radical (unpaired) electrons. The van der Waals surface area contributed by atoms with E-state index >= 15 is 0 Å². The second-order valence-electron chi connectivity index (χ2n) is 8.46. The van der Waals surface area contributed by atoms with Gasteiger partial charge in [0.25, 0.3) is 0 Å². The summed E-state index contributed by atoms with van der Waals surface area (Å²) in [6.07, 6.45) is 1.62. The van der Waals surface area contributed by atoms with Crippen LogP contribution >= 0.6 is 15.9 Å². The summed E-state index contributed by atoms with van der Waals surface area (Å²) in [4.78, 5) is 19.1. The van der Waals surface area contributed by atoms with Crippen LogP contribution in [-0.4, -0.2) is 54.6 Å². The molecule has 0 saturated carbocycles. The normalized spacial score (nSPS) is 17.7. The zero-order valence-electron chi connectivity index (χ0n) is 17.1. The number of hydrogen-bond acceptors (Lipinski definition) is 5. The predicted molar refractivity (Wildman–Crippen MR) is 114 cm³/mol. The zero-order chi connectivity index (χ0) is 20.8. The van der Waals surface area contributed by atoms with Gasteiger partial charge in [-0.2, -0.15) is 10.2 Å². The van der Waals surface area contributed by atoms with Gasteiger partial charge in [-0.3, -0.25) is 9.78 Å². The van der Waals surface area contributed by atoms with E-state index in [1.165, 1.54) is 0 Å². The smallest absolute Gasteiger partial charge is 0.410 e. The molecule has 3 aromatic rings. The fourth-order valence-corrected chi connectivity index (χ4v) is 4.09. The highest BCUT2D eigenvalue weighted by atomic mass is 79.9. The molecule has 8 nitrogen and oxygen atoms in total. The number of H-pyrrole nitrogens is 1. The zero-order valence-corrected chi connectivity index (χ0v) is 18.7. The third kappa shape index (κ3) is 4.14. The highest BCUT2D eigenvalue weighted by molar-refractivity contribution is 9.10. The number of nitrogens with zero attached hydrogens (tertiary/aromatic N) is 5. The number of aromatic amines is 1. The van der Waals surface area contributed by atoms with Crippen molar-refractivity contribution in [2.24, 2.45) is 7.05 Å². The first-order chi connectivity index (χ1) is 13.7. The maximum atomic E-state index is 12.5. The van der Waals surface area contributed by atoms with Crippen molar-refractivity contribution < 1.29 is 9.53 Å². The molecule has 1 saturated heterocycles. The van der Waals surface area contributed by atoms with E-state index in [9.17, 15) is 4.79 Å². The molecular weight excluding hydrogens is 436 g/mol. The van der Waals surface area contributed by atoms with Gasteiger partial charge in [0.2, 0.25) is 0 Å². The Morgan fingerprint density at radius 1 is 1.34 bits per heavy atom. The maximum absolute atomic E-state index is 12.5. The first kappa shape index (κ1) is 19.9. The van der Waals surface area contributed by atoms with Gasteiger partial charge in [-0.15, -0.1) is 0 Å². The monoisotopic (exact) mass is 460 g/mol. The Morgan fingerprint density at radius 2 is 2.14 bits per heavy atom. The number of likely N-dealkylation sites (tertiary alicyclic amines) is 1. The minimum atomic E-state index is -0.498. The quantitative estimate of drug-likeness (QED) is 0.617. The molecule has 1 N–H and O–H groups in total. The highest BCUT2D eigenvalue weighted by Gasteiger charge is 2.30. The molecule has 4 rings (SSSR count). The minimum Gasteiger partial charge on any atom is -0.444 e. The molecule has 1 amide bonds. The number of fused-ring (bicyclic) bond motifs is 1. The van der Waals surface area contributed by atoms with Crippen LogP contribution in [0.5, 0.6) is 0 Å². The SMILES string of the molecule is Cn1nc(-c2ccc3[nH]nc(Br)c3c2)nc1[C@@H]1CCCN(C(=O)OC(C)(C)C)C1. The van der Waals surface area contributed by atoms with Gasteiger partial charge >= 0.3 is 6.09 Å². The summed E-state index contributed by atoms with van der Waals surface area (Å²) in [5, 5.41) is 12.8. The summed E-state index contributed by atoms with van der Waals surface area (Å²) < 4.78 is 8.14. The Hall–Kier alpha value is -2.42. The molecule has 2 aromatic heterocycles. The van der Waals surface area contributed by atoms with Crippen LogP contribution in [-0.2, 0) is 11.8 Å². The number of amides is 1. The van der Waals surface area contributed by atoms with Crippen LogP contribution in [0.4, 0.5) is 4.79 Å². The van der Waals surface area contributed by atoms with Crippen molar-refractivity contribution in [1.29, 1.82) is 0 Å². The van der Waals surface area contributed by atoms with Gasteiger partial charge in [-0.05, 0) is 67.7 Å². The van der Waals surface area contributed by atoms with E-state index in [0.29, 0.717) is 18.9 Å². The molecule has 154 valence electrons. The van der Waals surface area contributed by atoms with E-state index in [4.69, 9.17) is 9.72 Å². The van der Waals surface area contributed by atoms with Gasteiger partial charge in [0.1, 0.15) is 16.0 Å². The van der Waals surface area contributed by atoms with Gasteiger partial charge in [0, 0.05) is 37.0 Å². The summed E-state index contributed by atoms with van der Waals surface area (Å²) in [5.41, 5.74) is 1.39. The Kier molecular flexibility index (Phi) is 5.10. The van der Waals surface area contributed by atoms with Gasteiger partial charge in [0.15, 0.2) is 5.82 Å². The van der Waals surface area contributed by atoms with E-state index in [0.717, 1.165) is 39.7 Å². The van der Waals surface area contributed by atoms with Crippen LogP contribution in [0.15, 0.2) is 22.8 Å². The Balaban J connectivity index is 1.57. The number of piperidine rings is 1. The number of carbonyl (C=O) groups excluding carboxylic acids is 1. The lowest BCUT2D eigenvalue weighted by Crippen LogP contribution is -2.42. The fraction of sp³-hybridized carbons (Fsp3) is 0.500. The number of ether oxygens (including phenoxy) is 1. The van der Waals surface area contributed by atoms with Gasteiger partial charge < -0.3 is 9.64 Å². The second kappa shape index (κ2) is 7.44. The van der Waals surface area contributed by atoms with Crippen molar-refractivity contribution >= 4 is 32.9 Å². The molecule has 0 spiro atoms. The molecule has 1 fully saturated rings. The average Bonchev–Trinajstić information content (AvgIpc) is 3.23. The fourth-order valence-electron chi connectivity index (χ4n) is 3.68. The molecule has 9 heteroatoms. The van der Waals surface area contributed by atoms with E-state index in [2.05, 4.69) is 31.2 Å². The molecule has 0 bridgehead atoms. The third-order valence-corrected chi connectivity index (χ3v) is 5.61. The van der Waals surface area contributed by atoms with Crippen LogP contribution in [0, 0.1) is 0 Å². The predicted octanol–water partition coefficient (Wildman–Crippen LogP) is 4.24. The van der Waals surface area contributed by atoms with E-state index in [1.807, 2.05) is 50.7 Å². The van der Waals surface area contributed by atoms with E-state index in [-0.39, 0.29) is 12.0 Å². The lowest BCUT2D eigenvalue weighted by Gasteiger charge is -2.33. The average molecular weight is 461 g/mol. The molecule has 29 heavy (non-hydrogen) atoms. The summed E-state index contributed by atoms with van der Waals surface area (Å²) in [5.74, 6) is 1.69. The second-order valence-corrected chi connectivity index (χ2v) is 9.21. The van der Waals surface area contributed by atoms with Crippen molar-refractivity contribution in [2.45, 2.75) is 45.1 Å². The third-order valence-electron chi connectivity index (χ3n) is 5.01. The van der Waals surface area contributed by atoms with Gasteiger partial charge in [-0.1, -0.05) is 0 Å². The van der Waals surface area contributed by atoms with Crippen molar-refractivity contribution in [3.63, 3.8) is 0 Å². The number of halogens is 1. The summed E-state index contributed by atoms with van der Waals surface area (Å²) >= 11 is 3.46. The van der Waals surface area contributed by atoms with Crippen molar-refractivity contribution in [1.82, 2.24) is 29.9 Å². The molecule has 3 heterocycles. The van der Waals surface area contributed by atoms with Crippen LogP contribution in [0.25, 0.3) is 22.3 Å². The van der Waals surface area contributed by atoms with E-state index in [1.54, 1.807) is 4.90 Å². The van der Waals surface area contributed by atoms with Crippen molar-refractivity contribution in [3.8, 4) is 11.4 Å². The molecule has 1 aromatic carbocycles. The molecule has 1 aliphatic heterocycles. The van der Waals surface area contributed by atoms with Crippen LogP contribution in [0.1, 0.15) is 45.4 Å². The number of benzene rings is 1. The number of carbonyl (C=O) groups is 1. The van der Waals surface area contributed by atoms with Crippen molar-refractivity contribution in [3.05, 3.63) is 28.6 Å². The van der Waals surface area contributed by atoms with Gasteiger partial charge in [0.05, 0.1) is 5.52 Å². The number of hydrogen-bond donors (Lipinski definition) is 1. The summed E-state index contributed by atoms with van der Waals surface area (Å²) in [6, 6.07) is 5.99. The topological polar surface area (TPSA) is 88.9 Å². The number of aromatic nitrogens is 5. The molecular formula is C20H25BrN6O2. The largest absolute Gasteiger partial charge is 0.444 e. The minimum absolute atomic E-state index is 0.131. The van der Waals surface area contributed by atoms with E-state index < -0.39 is 5.60 Å². The van der Waals surface area contributed by atoms with Crippen molar-refractivity contribution in [2.75, 3.05) is 13.1 Å². The highest BCUT2D eigenvalue weighted by Crippen LogP contribution is 2.30. The number of rotatable bonds is 2. The molecule has 0 aliphatic carbocycles. The first-order valence-electron chi connectivity index (χ1n) is 9.74. The summed E-state index contributed by atoms with van der Waals surface area (Å²) in [7, 11) is 1.91. The standard InChI is InChI=1S/C20H25BrN6O2/c1-20(2,3)29-19(28)27-9-5-6-13(11-27)18-22-17(25-26(18)4)12-7-8-15-14(10-12)16(21)24-23-15/h7-8,10,13H,5-6,9,11H2,1-4H3,(H,23,24)/t13-/m1/s1. The van der Waals surface area contributed by atoms with Crippen LogP contribution in [0.3, 0.4) is 0 Å². The Bertz CT molecular complexity index is 1050. The van der Waals surface area contributed by atoms with Crippen LogP contribution in [0.2, 0.25) is 0 Å². The van der Waals surface area contributed by atoms with Crippen LogP contribution < -0.4 is 0 Å². The Morgan fingerprint density at radius 3 is 2.90 bits per heavy atom. The Labute approximate surface area is 177 Å². The summed E-state index contributed by atoms with van der Waals surface area (Å²) in [6.45, 7) is 6.96. The number of nitrogens with one attached hydrogen (secondary N) is 1. The van der Waals surface area contributed by atoms with Gasteiger partial charge in [-0.25, -0.2) is 9.78 Å². The lowest BCUT2D eigenvalue weighted by atomic mass is 9.97.